The number of hydrogen-bond donors (Lipinski definition) is 1. The minimum Gasteiger partial charge on any atom is -0.480 e. The van der Waals surface area contributed by atoms with Crippen LogP contribution in [0.4, 0.5) is 0 Å². The molecule has 1 saturated carbocycles. The fourth-order valence-electron chi connectivity index (χ4n) is 2.28. The third-order valence-electron chi connectivity index (χ3n) is 4.25. The van der Waals surface area contributed by atoms with Gasteiger partial charge in [0.25, 0.3) is 5.91 Å². The van der Waals surface area contributed by atoms with Crippen molar-refractivity contribution in [2.75, 3.05) is 7.05 Å². The highest BCUT2D eigenvalue weighted by molar-refractivity contribution is 5.96. The van der Waals surface area contributed by atoms with Crippen molar-refractivity contribution in [2.45, 2.75) is 64.5 Å². The second kappa shape index (κ2) is 5.11. The molecule has 1 aromatic rings. The van der Waals surface area contributed by atoms with Crippen LogP contribution in [-0.2, 0) is 10.3 Å². The molecular weight excluding hydrogens is 282 g/mol. The van der Waals surface area contributed by atoms with E-state index in [2.05, 4.69) is 5.10 Å². The lowest BCUT2D eigenvalue weighted by Crippen LogP contribution is -2.50. The lowest BCUT2D eigenvalue weighted by atomic mass is 10.0. The lowest BCUT2D eigenvalue weighted by molar-refractivity contribution is -0.147. The molecule has 1 heterocycles. The Kier molecular flexibility index (Phi) is 3.83. The first-order valence-electron chi connectivity index (χ1n) is 7.58. The molecule has 122 valence electrons. The lowest BCUT2D eigenvalue weighted by Gasteiger charge is -2.30. The van der Waals surface area contributed by atoms with Gasteiger partial charge >= 0.3 is 5.97 Å². The zero-order valence-corrected chi connectivity index (χ0v) is 14.2. The minimum atomic E-state index is -1.28. The van der Waals surface area contributed by atoms with Crippen LogP contribution in [0.1, 0.15) is 69.6 Å². The number of carbonyl (C=O) groups excluding carboxylic acids is 1. The Hall–Kier alpha value is -1.85. The van der Waals surface area contributed by atoms with Crippen LogP contribution in [0, 0.1) is 0 Å². The molecule has 0 saturated heterocycles. The van der Waals surface area contributed by atoms with Gasteiger partial charge in [0.15, 0.2) is 5.69 Å². The second-order valence-corrected chi connectivity index (χ2v) is 7.54. The first-order chi connectivity index (χ1) is 9.96. The minimum absolute atomic E-state index is 0.211. The molecule has 2 rings (SSSR count). The SMILES string of the molecule is CN(C(=O)c1cc(C2CC2)n(C(C)(C)C)n1)C(C)(C)C(=O)O. The molecule has 6 heteroatoms. The zero-order chi connectivity index (χ0) is 16.9. The van der Waals surface area contributed by atoms with E-state index in [1.54, 1.807) is 0 Å². The van der Waals surface area contributed by atoms with Gasteiger partial charge in [-0.05, 0) is 53.5 Å². The van der Waals surface area contributed by atoms with Crippen LogP contribution < -0.4 is 0 Å². The number of aromatic nitrogens is 2. The first-order valence-corrected chi connectivity index (χ1v) is 7.58. The van der Waals surface area contributed by atoms with E-state index in [0.29, 0.717) is 11.6 Å². The quantitative estimate of drug-likeness (QED) is 0.927. The molecule has 6 nitrogen and oxygen atoms in total. The Labute approximate surface area is 131 Å². The summed E-state index contributed by atoms with van der Waals surface area (Å²) in [7, 11) is 1.50. The van der Waals surface area contributed by atoms with Gasteiger partial charge in [0.05, 0.1) is 5.54 Å². The van der Waals surface area contributed by atoms with Crippen molar-refractivity contribution in [3.63, 3.8) is 0 Å². The summed E-state index contributed by atoms with van der Waals surface area (Å²) >= 11 is 0. The number of nitrogens with zero attached hydrogens (tertiary/aromatic N) is 3. The number of amides is 1. The van der Waals surface area contributed by atoms with E-state index in [9.17, 15) is 14.7 Å². The van der Waals surface area contributed by atoms with E-state index in [1.807, 2.05) is 31.5 Å². The summed E-state index contributed by atoms with van der Waals surface area (Å²) in [6.07, 6.45) is 2.23. The summed E-state index contributed by atoms with van der Waals surface area (Å²) < 4.78 is 1.90. The average Bonchev–Trinajstić information content (AvgIpc) is 3.14. The average molecular weight is 307 g/mol. The number of rotatable bonds is 4. The molecule has 1 fully saturated rings. The summed E-state index contributed by atoms with van der Waals surface area (Å²) in [6, 6.07) is 1.82. The van der Waals surface area contributed by atoms with Crippen molar-refractivity contribution >= 4 is 11.9 Å². The van der Waals surface area contributed by atoms with Crippen LogP contribution in [0.15, 0.2) is 6.07 Å². The Morgan fingerprint density at radius 1 is 1.27 bits per heavy atom. The maximum Gasteiger partial charge on any atom is 0.329 e. The Morgan fingerprint density at radius 2 is 1.82 bits per heavy atom. The number of carboxylic acids is 1. The van der Waals surface area contributed by atoms with Crippen LogP contribution in [0.2, 0.25) is 0 Å². The van der Waals surface area contributed by atoms with Crippen molar-refractivity contribution in [3.05, 3.63) is 17.5 Å². The van der Waals surface area contributed by atoms with Gasteiger partial charge in [0.2, 0.25) is 0 Å². The van der Waals surface area contributed by atoms with E-state index >= 15 is 0 Å². The van der Waals surface area contributed by atoms with Crippen LogP contribution in [-0.4, -0.2) is 44.3 Å². The molecule has 0 spiro atoms. The van der Waals surface area contributed by atoms with Gasteiger partial charge in [-0.3, -0.25) is 9.48 Å². The van der Waals surface area contributed by atoms with Crippen molar-refractivity contribution < 1.29 is 14.7 Å². The summed E-state index contributed by atoms with van der Waals surface area (Å²) in [4.78, 5) is 25.2. The molecule has 0 atom stereocenters. The molecule has 0 radical (unpaired) electrons. The molecule has 0 aromatic carbocycles. The predicted octanol–water partition coefficient (Wildman–Crippen LogP) is 2.45. The predicted molar refractivity (Wildman–Crippen MR) is 83.0 cm³/mol. The van der Waals surface area contributed by atoms with Crippen molar-refractivity contribution in [2.24, 2.45) is 0 Å². The van der Waals surface area contributed by atoms with Crippen molar-refractivity contribution in [1.29, 1.82) is 0 Å². The molecule has 1 aliphatic carbocycles. The van der Waals surface area contributed by atoms with Gasteiger partial charge in [0, 0.05) is 18.7 Å². The highest BCUT2D eigenvalue weighted by Crippen LogP contribution is 2.41. The van der Waals surface area contributed by atoms with Gasteiger partial charge in [-0.1, -0.05) is 0 Å². The Balaban J connectivity index is 2.37. The molecule has 0 bridgehead atoms. The maximum absolute atomic E-state index is 12.6. The molecule has 1 aromatic heterocycles. The number of likely N-dealkylation sites (N-methyl/N-ethyl adjacent to an activating group) is 1. The molecule has 0 unspecified atom stereocenters. The molecule has 1 aliphatic rings. The van der Waals surface area contributed by atoms with E-state index in [0.717, 1.165) is 18.5 Å². The maximum atomic E-state index is 12.6. The fraction of sp³-hybridized carbons (Fsp3) is 0.688. The smallest absolute Gasteiger partial charge is 0.329 e. The van der Waals surface area contributed by atoms with E-state index in [4.69, 9.17) is 0 Å². The van der Waals surface area contributed by atoms with E-state index in [1.165, 1.54) is 25.8 Å². The molecule has 22 heavy (non-hydrogen) atoms. The Morgan fingerprint density at radius 3 is 2.23 bits per heavy atom. The van der Waals surface area contributed by atoms with Gasteiger partial charge in [-0.25, -0.2) is 4.79 Å². The van der Waals surface area contributed by atoms with Gasteiger partial charge < -0.3 is 10.0 Å². The van der Waals surface area contributed by atoms with E-state index in [-0.39, 0.29) is 11.4 Å². The van der Waals surface area contributed by atoms with Crippen LogP contribution in [0.3, 0.4) is 0 Å². The van der Waals surface area contributed by atoms with Crippen LogP contribution in [0.25, 0.3) is 0 Å². The highest BCUT2D eigenvalue weighted by atomic mass is 16.4. The third-order valence-corrected chi connectivity index (χ3v) is 4.25. The van der Waals surface area contributed by atoms with Gasteiger partial charge in [0.1, 0.15) is 5.54 Å². The summed E-state index contributed by atoms with van der Waals surface area (Å²) in [5, 5.41) is 13.7. The number of aliphatic carboxylic acids is 1. The normalized spacial score (nSPS) is 15.7. The summed E-state index contributed by atoms with van der Waals surface area (Å²) in [5.74, 6) is -0.940. The third kappa shape index (κ3) is 2.87. The van der Waals surface area contributed by atoms with Crippen molar-refractivity contribution in [3.8, 4) is 0 Å². The van der Waals surface area contributed by atoms with E-state index < -0.39 is 11.5 Å². The highest BCUT2D eigenvalue weighted by Gasteiger charge is 2.38. The molecule has 1 N–H and O–H groups in total. The zero-order valence-electron chi connectivity index (χ0n) is 14.2. The number of hydrogen-bond acceptors (Lipinski definition) is 3. The number of carboxylic acid groups (broad SMARTS) is 1. The molecular formula is C16H25N3O3. The summed E-state index contributed by atoms with van der Waals surface area (Å²) in [5.41, 5.74) is -0.106. The van der Waals surface area contributed by atoms with Gasteiger partial charge in [-0.15, -0.1) is 0 Å². The fourth-order valence-corrected chi connectivity index (χ4v) is 2.28. The largest absolute Gasteiger partial charge is 0.480 e. The Bertz CT molecular complexity index is 607. The molecule has 1 amide bonds. The van der Waals surface area contributed by atoms with Crippen LogP contribution in [0.5, 0.6) is 0 Å². The standard InChI is InChI=1S/C16H25N3O3/c1-15(2,3)19-12(10-7-8-10)9-11(17-19)13(20)18(6)16(4,5)14(21)22/h9-10H,7-8H2,1-6H3,(H,21,22). The van der Waals surface area contributed by atoms with Crippen molar-refractivity contribution in [1.82, 2.24) is 14.7 Å². The first kappa shape index (κ1) is 16.5. The monoisotopic (exact) mass is 307 g/mol. The molecule has 0 aliphatic heterocycles. The van der Waals surface area contributed by atoms with Gasteiger partial charge in [-0.2, -0.15) is 5.10 Å². The second-order valence-electron chi connectivity index (χ2n) is 7.54. The number of carbonyl (C=O) groups is 2. The topological polar surface area (TPSA) is 75.4 Å². The van der Waals surface area contributed by atoms with Crippen LogP contribution >= 0.6 is 0 Å². The summed E-state index contributed by atoms with van der Waals surface area (Å²) in [6.45, 7) is 9.16.